The number of nitrogens with one attached hydrogen (secondary N) is 1. The van der Waals surface area contributed by atoms with E-state index in [1.807, 2.05) is 13.1 Å². The van der Waals surface area contributed by atoms with Gasteiger partial charge in [0.15, 0.2) is 0 Å². The Hall–Kier alpha value is -1.61. The molecule has 1 N–H and O–H groups in total. The number of hydrogen-bond donors (Lipinski definition) is 1. The van der Waals surface area contributed by atoms with Gasteiger partial charge in [-0.1, -0.05) is 24.3 Å². The summed E-state index contributed by atoms with van der Waals surface area (Å²) in [4.78, 5) is 0. The molecule has 0 saturated carbocycles. The van der Waals surface area contributed by atoms with Crippen molar-refractivity contribution in [3.63, 3.8) is 0 Å². The van der Waals surface area contributed by atoms with E-state index in [2.05, 4.69) is 47.8 Å². The predicted molar refractivity (Wildman–Crippen MR) is 76.8 cm³/mol. The fourth-order valence-corrected chi connectivity index (χ4v) is 2.33. The first-order chi connectivity index (χ1) is 8.80. The van der Waals surface area contributed by atoms with Gasteiger partial charge in [-0.25, -0.2) is 0 Å². The number of aryl methyl sites for hydroxylation is 1. The first-order valence-corrected chi connectivity index (χ1v) is 6.52. The zero-order valence-corrected chi connectivity index (χ0v) is 11.2. The van der Waals surface area contributed by atoms with Crippen molar-refractivity contribution in [1.29, 1.82) is 0 Å². The number of aromatic nitrogens is 2. The summed E-state index contributed by atoms with van der Waals surface area (Å²) < 4.78 is 2.07. The largest absolute Gasteiger partial charge is 0.316 e. The standard InChI is InChI=1S/C15H21N3/c1-4-8-12(16-3)11-14-13-9-6-7-10-15(13)18(5-2)17-14/h4,6-7,9-10,12,16H,1,5,8,11H2,2-3H3. The number of para-hydroxylation sites is 1. The van der Waals surface area contributed by atoms with Crippen molar-refractivity contribution >= 4 is 10.9 Å². The van der Waals surface area contributed by atoms with Crippen molar-refractivity contribution in [3.8, 4) is 0 Å². The van der Waals surface area contributed by atoms with Gasteiger partial charge in [-0.05, 0) is 26.5 Å². The zero-order chi connectivity index (χ0) is 13.0. The average Bonchev–Trinajstić information content (AvgIpc) is 2.76. The van der Waals surface area contributed by atoms with E-state index < -0.39 is 0 Å². The van der Waals surface area contributed by atoms with Gasteiger partial charge in [-0.15, -0.1) is 6.58 Å². The maximum Gasteiger partial charge on any atom is 0.0718 e. The van der Waals surface area contributed by atoms with Gasteiger partial charge in [0.25, 0.3) is 0 Å². The van der Waals surface area contributed by atoms with Crippen LogP contribution in [0.25, 0.3) is 10.9 Å². The van der Waals surface area contributed by atoms with Gasteiger partial charge in [-0.3, -0.25) is 4.68 Å². The van der Waals surface area contributed by atoms with Crippen LogP contribution in [0.5, 0.6) is 0 Å². The molecule has 0 fully saturated rings. The molecule has 0 aliphatic carbocycles. The number of likely N-dealkylation sites (N-methyl/N-ethyl adjacent to an activating group) is 1. The third-order valence-electron chi connectivity index (χ3n) is 3.33. The van der Waals surface area contributed by atoms with Crippen molar-refractivity contribution in [2.75, 3.05) is 7.05 Å². The summed E-state index contributed by atoms with van der Waals surface area (Å²) in [7, 11) is 1.99. The molecule has 0 aliphatic rings. The lowest BCUT2D eigenvalue weighted by Crippen LogP contribution is -2.27. The molecule has 0 bridgehead atoms. The quantitative estimate of drug-likeness (QED) is 0.791. The topological polar surface area (TPSA) is 29.9 Å². The molecule has 1 unspecified atom stereocenters. The SMILES string of the molecule is C=CCC(Cc1nn(CC)c2ccccc12)NC. The lowest BCUT2D eigenvalue weighted by molar-refractivity contribution is 0.552. The second-order valence-corrected chi connectivity index (χ2v) is 4.49. The molecule has 2 rings (SSSR count). The summed E-state index contributed by atoms with van der Waals surface area (Å²) in [6, 6.07) is 8.85. The molecule has 0 saturated heterocycles. The lowest BCUT2D eigenvalue weighted by atomic mass is 10.1. The van der Waals surface area contributed by atoms with Crippen LogP contribution in [0.3, 0.4) is 0 Å². The van der Waals surface area contributed by atoms with Gasteiger partial charge < -0.3 is 5.32 Å². The molecule has 1 heterocycles. The highest BCUT2D eigenvalue weighted by Crippen LogP contribution is 2.20. The smallest absolute Gasteiger partial charge is 0.0718 e. The Balaban J connectivity index is 2.35. The highest BCUT2D eigenvalue weighted by atomic mass is 15.3. The van der Waals surface area contributed by atoms with E-state index in [9.17, 15) is 0 Å². The van der Waals surface area contributed by atoms with Crippen LogP contribution in [-0.4, -0.2) is 22.9 Å². The maximum atomic E-state index is 4.72. The van der Waals surface area contributed by atoms with Crippen LogP contribution in [-0.2, 0) is 13.0 Å². The normalized spacial score (nSPS) is 12.8. The molecule has 3 heteroatoms. The van der Waals surface area contributed by atoms with E-state index in [-0.39, 0.29) is 0 Å². The molecule has 0 radical (unpaired) electrons. The number of hydrogen-bond acceptors (Lipinski definition) is 2. The summed E-state index contributed by atoms with van der Waals surface area (Å²) in [6.07, 6.45) is 3.86. The molecule has 1 atom stereocenters. The molecule has 2 aromatic rings. The Morgan fingerprint density at radius 3 is 2.89 bits per heavy atom. The first kappa shape index (κ1) is 12.8. The van der Waals surface area contributed by atoms with Gasteiger partial charge in [-0.2, -0.15) is 5.10 Å². The van der Waals surface area contributed by atoms with Gasteiger partial charge in [0.2, 0.25) is 0 Å². The number of rotatable bonds is 6. The Morgan fingerprint density at radius 1 is 1.44 bits per heavy atom. The molecule has 18 heavy (non-hydrogen) atoms. The zero-order valence-electron chi connectivity index (χ0n) is 11.2. The van der Waals surface area contributed by atoms with Gasteiger partial charge in [0.1, 0.15) is 0 Å². The molecule has 0 amide bonds. The Kier molecular flexibility index (Phi) is 4.15. The number of fused-ring (bicyclic) bond motifs is 1. The molecule has 1 aromatic carbocycles. The van der Waals surface area contributed by atoms with E-state index in [4.69, 9.17) is 5.10 Å². The van der Waals surface area contributed by atoms with E-state index in [0.29, 0.717) is 6.04 Å². The van der Waals surface area contributed by atoms with E-state index >= 15 is 0 Å². The first-order valence-electron chi connectivity index (χ1n) is 6.52. The lowest BCUT2D eigenvalue weighted by Gasteiger charge is -2.12. The molecule has 0 aliphatic heterocycles. The summed E-state index contributed by atoms with van der Waals surface area (Å²) >= 11 is 0. The second kappa shape index (κ2) is 5.83. The number of benzene rings is 1. The minimum atomic E-state index is 0.408. The molecule has 1 aromatic heterocycles. The molecule has 96 valence electrons. The fourth-order valence-electron chi connectivity index (χ4n) is 2.33. The monoisotopic (exact) mass is 243 g/mol. The minimum absolute atomic E-state index is 0.408. The Morgan fingerprint density at radius 2 is 2.22 bits per heavy atom. The van der Waals surface area contributed by atoms with Gasteiger partial charge in [0.05, 0.1) is 11.2 Å². The van der Waals surface area contributed by atoms with Crippen LogP contribution >= 0.6 is 0 Å². The van der Waals surface area contributed by atoms with Crippen molar-refractivity contribution in [2.24, 2.45) is 0 Å². The van der Waals surface area contributed by atoms with E-state index in [1.54, 1.807) is 0 Å². The Labute approximate surface area is 109 Å². The summed E-state index contributed by atoms with van der Waals surface area (Å²) in [5.74, 6) is 0. The van der Waals surface area contributed by atoms with E-state index in [0.717, 1.165) is 19.4 Å². The van der Waals surface area contributed by atoms with Gasteiger partial charge >= 0.3 is 0 Å². The summed E-state index contributed by atoms with van der Waals surface area (Å²) in [6.45, 7) is 6.84. The van der Waals surface area contributed by atoms with Crippen LogP contribution in [0, 0.1) is 0 Å². The third kappa shape index (κ3) is 2.46. The fraction of sp³-hybridized carbons (Fsp3) is 0.400. The van der Waals surface area contributed by atoms with Crippen molar-refractivity contribution < 1.29 is 0 Å². The minimum Gasteiger partial charge on any atom is -0.316 e. The van der Waals surface area contributed by atoms with E-state index in [1.165, 1.54) is 16.6 Å². The van der Waals surface area contributed by atoms with Crippen LogP contribution < -0.4 is 5.32 Å². The van der Waals surface area contributed by atoms with Crippen molar-refractivity contribution in [2.45, 2.75) is 32.4 Å². The maximum absolute atomic E-state index is 4.72. The molecule has 0 spiro atoms. The Bertz CT molecular complexity index is 528. The van der Waals surface area contributed by atoms with Crippen LogP contribution in [0.1, 0.15) is 19.0 Å². The predicted octanol–water partition coefficient (Wildman–Crippen LogP) is 2.76. The van der Waals surface area contributed by atoms with Crippen molar-refractivity contribution in [3.05, 3.63) is 42.6 Å². The van der Waals surface area contributed by atoms with Crippen molar-refractivity contribution in [1.82, 2.24) is 15.1 Å². The summed E-state index contributed by atoms with van der Waals surface area (Å²) in [5.41, 5.74) is 2.40. The third-order valence-corrected chi connectivity index (χ3v) is 3.33. The molecule has 3 nitrogen and oxygen atoms in total. The number of nitrogens with zero attached hydrogens (tertiary/aromatic N) is 2. The van der Waals surface area contributed by atoms with Gasteiger partial charge in [0, 0.05) is 24.4 Å². The highest BCUT2D eigenvalue weighted by molar-refractivity contribution is 5.82. The molecular formula is C15H21N3. The van der Waals surface area contributed by atoms with Crippen LogP contribution in [0.2, 0.25) is 0 Å². The average molecular weight is 243 g/mol. The van der Waals surface area contributed by atoms with Crippen LogP contribution in [0.4, 0.5) is 0 Å². The second-order valence-electron chi connectivity index (χ2n) is 4.49. The molecular weight excluding hydrogens is 222 g/mol. The highest BCUT2D eigenvalue weighted by Gasteiger charge is 2.13. The summed E-state index contributed by atoms with van der Waals surface area (Å²) in [5, 5.41) is 9.31. The van der Waals surface area contributed by atoms with Crippen LogP contribution in [0.15, 0.2) is 36.9 Å².